The van der Waals surface area contributed by atoms with Crippen molar-refractivity contribution in [1.82, 2.24) is 24.6 Å². The largest absolute Gasteiger partial charge is 0.492 e. The molecule has 2 fully saturated rings. The Morgan fingerprint density at radius 2 is 1.79 bits per heavy atom. The molecule has 38 heavy (non-hydrogen) atoms. The number of piperazine rings is 1. The molecule has 2 saturated heterocycles. The average Bonchev–Trinajstić information content (AvgIpc) is 3.58. The average molecular weight is 529 g/mol. The number of anilines is 1. The molecule has 3 heterocycles. The maximum atomic E-state index is 13.4. The van der Waals surface area contributed by atoms with Gasteiger partial charge in [-0.2, -0.15) is 18.3 Å². The van der Waals surface area contributed by atoms with Crippen LogP contribution in [0.15, 0.2) is 48.8 Å². The number of nitrogens with zero attached hydrogens (tertiary/aromatic N) is 6. The maximum Gasteiger partial charge on any atom is 0.416 e. The van der Waals surface area contributed by atoms with E-state index in [2.05, 4.69) is 15.0 Å². The molecule has 5 rings (SSSR count). The molecular formula is C27H31F3N6O2. The zero-order chi connectivity index (χ0) is 26.9. The van der Waals surface area contributed by atoms with Crippen LogP contribution in [0, 0.1) is 6.92 Å². The monoisotopic (exact) mass is 528 g/mol. The number of urea groups is 1. The van der Waals surface area contributed by atoms with Crippen LogP contribution in [0.1, 0.15) is 42.8 Å². The van der Waals surface area contributed by atoms with Crippen molar-refractivity contribution in [1.29, 1.82) is 0 Å². The Hall–Kier alpha value is -3.76. The second kappa shape index (κ2) is 10.5. The van der Waals surface area contributed by atoms with Gasteiger partial charge in [-0.1, -0.05) is 12.1 Å². The molecule has 2 amide bonds. The number of carbonyl (C=O) groups is 1. The van der Waals surface area contributed by atoms with E-state index >= 15 is 0 Å². The molecule has 11 heteroatoms. The summed E-state index contributed by atoms with van der Waals surface area (Å²) in [4.78, 5) is 23.5. The first-order chi connectivity index (χ1) is 18.2. The predicted octanol–water partition coefficient (Wildman–Crippen LogP) is 5.07. The topological polar surface area (TPSA) is 66.7 Å². The lowest BCUT2D eigenvalue weighted by Crippen LogP contribution is -2.52. The maximum absolute atomic E-state index is 13.4. The van der Waals surface area contributed by atoms with E-state index in [0.29, 0.717) is 50.9 Å². The standard InChI is InChI=1S/C27H31F3N6O2/c1-3-38-25-17-22(10-11-24(25)36-18-31-19(2)32-36)33-13-15-34(16-14-33)26(37)35-12-4-5-23(35)20-6-8-21(9-7-20)27(28,29)30/h6-11,17-18,23H,3-5,12-16H2,1-2H3. The first-order valence-electron chi connectivity index (χ1n) is 12.9. The predicted molar refractivity (Wildman–Crippen MR) is 137 cm³/mol. The molecule has 202 valence electrons. The number of rotatable bonds is 5. The van der Waals surface area contributed by atoms with Crippen LogP contribution in [-0.2, 0) is 6.18 Å². The minimum absolute atomic E-state index is 0.0565. The zero-order valence-electron chi connectivity index (χ0n) is 21.5. The summed E-state index contributed by atoms with van der Waals surface area (Å²) in [7, 11) is 0. The molecule has 0 N–H and O–H groups in total. The van der Waals surface area contributed by atoms with Crippen LogP contribution in [0.4, 0.5) is 23.7 Å². The van der Waals surface area contributed by atoms with E-state index in [1.807, 2.05) is 36.9 Å². The molecular weight excluding hydrogens is 497 g/mol. The van der Waals surface area contributed by atoms with Gasteiger partial charge in [-0.05, 0) is 56.5 Å². The number of alkyl halides is 3. The number of benzene rings is 2. The highest BCUT2D eigenvalue weighted by Gasteiger charge is 2.35. The van der Waals surface area contributed by atoms with E-state index in [0.717, 1.165) is 41.9 Å². The summed E-state index contributed by atoms with van der Waals surface area (Å²) in [5.74, 6) is 1.39. The van der Waals surface area contributed by atoms with Crippen molar-refractivity contribution in [3.8, 4) is 11.4 Å². The Balaban J connectivity index is 1.24. The third-order valence-corrected chi connectivity index (χ3v) is 7.13. The number of ether oxygens (including phenoxy) is 1. The van der Waals surface area contributed by atoms with Gasteiger partial charge in [0.2, 0.25) is 0 Å². The van der Waals surface area contributed by atoms with E-state index < -0.39 is 11.7 Å². The summed E-state index contributed by atoms with van der Waals surface area (Å²) in [6.07, 6.45) is -1.14. The SMILES string of the molecule is CCOc1cc(N2CCN(C(=O)N3CCCC3c3ccc(C(F)(F)F)cc3)CC2)ccc1-n1cnc(C)n1. The fraction of sp³-hybridized carbons (Fsp3) is 0.444. The van der Waals surface area contributed by atoms with Crippen LogP contribution in [-0.4, -0.2) is 69.9 Å². The lowest BCUT2D eigenvalue weighted by molar-refractivity contribution is -0.137. The van der Waals surface area contributed by atoms with Crippen molar-refractivity contribution < 1.29 is 22.7 Å². The van der Waals surface area contributed by atoms with Gasteiger partial charge in [0, 0.05) is 44.5 Å². The third kappa shape index (κ3) is 5.27. The number of amides is 2. The highest BCUT2D eigenvalue weighted by Crippen LogP contribution is 2.36. The lowest BCUT2D eigenvalue weighted by atomic mass is 10.0. The van der Waals surface area contributed by atoms with Crippen molar-refractivity contribution in [3.63, 3.8) is 0 Å². The molecule has 2 aliphatic heterocycles. The number of hydrogen-bond acceptors (Lipinski definition) is 5. The van der Waals surface area contributed by atoms with Gasteiger partial charge in [-0.15, -0.1) is 0 Å². The second-order valence-electron chi connectivity index (χ2n) is 9.55. The molecule has 1 aromatic heterocycles. The highest BCUT2D eigenvalue weighted by atomic mass is 19.4. The van der Waals surface area contributed by atoms with Crippen molar-refractivity contribution in [2.75, 3.05) is 44.2 Å². The highest BCUT2D eigenvalue weighted by molar-refractivity contribution is 5.76. The van der Waals surface area contributed by atoms with Crippen LogP contribution in [0.5, 0.6) is 5.75 Å². The van der Waals surface area contributed by atoms with Crippen LogP contribution >= 0.6 is 0 Å². The Morgan fingerprint density at radius 1 is 1.05 bits per heavy atom. The number of halogens is 3. The number of likely N-dealkylation sites (tertiary alicyclic amines) is 1. The van der Waals surface area contributed by atoms with Gasteiger partial charge in [0.1, 0.15) is 23.6 Å². The Bertz CT molecular complexity index is 1270. The number of hydrogen-bond donors (Lipinski definition) is 0. The number of aryl methyl sites for hydroxylation is 1. The van der Waals surface area contributed by atoms with E-state index in [1.54, 1.807) is 15.9 Å². The smallest absolute Gasteiger partial charge is 0.416 e. The van der Waals surface area contributed by atoms with Gasteiger partial charge in [0.25, 0.3) is 0 Å². The molecule has 0 bridgehead atoms. The summed E-state index contributed by atoms with van der Waals surface area (Å²) in [6.45, 7) is 7.33. The fourth-order valence-corrected chi connectivity index (χ4v) is 5.20. The Kier molecular flexibility index (Phi) is 7.18. The van der Waals surface area contributed by atoms with Gasteiger partial charge in [-0.3, -0.25) is 0 Å². The minimum atomic E-state index is -4.37. The van der Waals surface area contributed by atoms with Gasteiger partial charge in [0.05, 0.1) is 18.2 Å². The molecule has 1 unspecified atom stereocenters. The summed E-state index contributed by atoms with van der Waals surface area (Å²) in [6, 6.07) is 10.9. The van der Waals surface area contributed by atoms with E-state index in [4.69, 9.17) is 4.74 Å². The van der Waals surface area contributed by atoms with Gasteiger partial charge in [-0.25, -0.2) is 14.5 Å². The molecule has 8 nitrogen and oxygen atoms in total. The van der Waals surface area contributed by atoms with E-state index in [-0.39, 0.29) is 12.1 Å². The van der Waals surface area contributed by atoms with Crippen molar-refractivity contribution >= 4 is 11.7 Å². The van der Waals surface area contributed by atoms with Gasteiger partial charge < -0.3 is 19.4 Å². The third-order valence-electron chi connectivity index (χ3n) is 7.13. The second-order valence-corrected chi connectivity index (χ2v) is 9.55. The fourth-order valence-electron chi connectivity index (χ4n) is 5.20. The quantitative estimate of drug-likeness (QED) is 0.463. The number of aromatic nitrogens is 3. The van der Waals surface area contributed by atoms with Crippen LogP contribution < -0.4 is 9.64 Å². The van der Waals surface area contributed by atoms with Crippen LogP contribution in [0.3, 0.4) is 0 Å². The molecule has 0 aliphatic carbocycles. The summed E-state index contributed by atoms with van der Waals surface area (Å²) in [5.41, 5.74) is 1.89. The van der Waals surface area contributed by atoms with Crippen LogP contribution in [0.2, 0.25) is 0 Å². The van der Waals surface area contributed by atoms with E-state index in [1.165, 1.54) is 12.1 Å². The zero-order valence-corrected chi connectivity index (χ0v) is 21.5. The summed E-state index contributed by atoms with van der Waals surface area (Å²) < 4.78 is 46.5. The van der Waals surface area contributed by atoms with Crippen molar-refractivity contribution in [2.45, 2.75) is 38.9 Å². The Labute approximate surface area is 219 Å². The lowest BCUT2D eigenvalue weighted by Gasteiger charge is -2.39. The first kappa shape index (κ1) is 25.9. The molecule has 2 aliphatic rings. The van der Waals surface area contributed by atoms with Crippen molar-refractivity contribution in [3.05, 3.63) is 65.7 Å². The Morgan fingerprint density at radius 3 is 2.42 bits per heavy atom. The summed E-state index contributed by atoms with van der Waals surface area (Å²) in [5, 5.41) is 4.39. The van der Waals surface area contributed by atoms with E-state index in [9.17, 15) is 18.0 Å². The van der Waals surface area contributed by atoms with Gasteiger partial charge >= 0.3 is 12.2 Å². The normalized spacial score (nSPS) is 18.2. The molecule has 0 saturated carbocycles. The molecule has 0 spiro atoms. The molecule has 0 radical (unpaired) electrons. The number of carbonyl (C=O) groups excluding carboxylic acids is 1. The minimum Gasteiger partial charge on any atom is -0.492 e. The summed E-state index contributed by atoms with van der Waals surface area (Å²) >= 11 is 0. The molecule has 2 aromatic carbocycles. The van der Waals surface area contributed by atoms with Crippen molar-refractivity contribution in [2.24, 2.45) is 0 Å². The molecule has 3 aromatic rings. The van der Waals surface area contributed by atoms with Crippen LogP contribution in [0.25, 0.3) is 5.69 Å². The first-order valence-corrected chi connectivity index (χ1v) is 12.9. The molecule has 1 atom stereocenters. The van der Waals surface area contributed by atoms with Gasteiger partial charge in [0.15, 0.2) is 0 Å².